The van der Waals surface area contributed by atoms with Gasteiger partial charge in [-0.2, -0.15) is 0 Å². The van der Waals surface area contributed by atoms with Crippen LogP contribution in [-0.2, 0) is 0 Å². The third-order valence-corrected chi connectivity index (χ3v) is 3.34. The number of aromatic nitrogens is 2. The summed E-state index contributed by atoms with van der Waals surface area (Å²) in [6.07, 6.45) is 2.41. The smallest absolute Gasteiger partial charge is 0.274 e. The number of likely N-dealkylation sites (N-methyl/N-ethyl adjacent to an activating group) is 2. The first-order chi connectivity index (χ1) is 9.22. The molecule has 6 nitrogen and oxygen atoms in total. The van der Waals surface area contributed by atoms with E-state index in [1.165, 1.54) is 12.8 Å². The highest BCUT2D eigenvalue weighted by Crippen LogP contribution is 2.16. The average Bonchev–Trinajstić information content (AvgIpc) is 2.98. The summed E-state index contributed by atoms with van der Waals surface area (Å²) in [5.41, 5.74) is 0.404. The van der Waals surface area contributed by atoms with Crippen LogP contribution in [0.5, 0.6) is 0 Å². The Labute approximate surface area is 138 Å². The van der Waals surface area contributed by atoms with Gasteiger partial charge in [-0.15, -0.1) is 35.0 Å². The topological polar surface area (TPSA) is 61.4 Å². The van der Waals surface area contributed by atoms with Gasteiger partial charge in [0.25, 0.3) is 5.91 Å². The highest BCUT2D eigenvalue weighted by molar-refractivity contribution is 5.92. The third kappa shape index (κ3) is 5.30. The van der Waals surface area contributed by atoms with E-state index in [1.807, 2.05) is 13.1 Å². The Morgan fingerprint density at radius 2 is 1.95 bits per heavy atom. The molecular weight excluding hydrogens is 313 g/mol. The second-order valence-electron chi connectivity index (χ2n) is 4.80. The van der Waals surface area contributed by atoms with Gasteiger partial charge in [0, 0.05) is 33.2 Å². The highest BCUT2D eigenvalue weighted by Gasteiger charge is 2.16. The maximum atomic E-state index is 12.1. The Bertz CT molecular complexity index is 423. The summed E-state index contributed by atoms with van der Waals surface area (Å²) < 4.78 is 0. The summed E-state index contributed by atoms with van der Waals surface area (Å²) in [7, 11) is 3.64. The number of nitrogens with one attached hydrogen (secondary N) is 1. The Kier molecular flexibility index (Phi) is 9.24. The lowest BCUT2D eigenvalue weighted by atomic mass is 10.3. The largest absolute Gasteiger partial charge is 0.355 e. The fourth-order valence-electron chi connectivity index (χ4n) is 2.13. The number of amides is 1. The number of rotatable bonds is 5. The molecule has 1 aromatic heterocycles. The van der Waals surface area contributed by atoms with E-state index in [2.05, 4.69) is 20.4 Å². The number of hydrogen-bond donors (Lipinski definition) is 1. The molecule has 0 aromatic carbocycles. The first-order valence-corrected chi connectivity index (χ1v) is 6.71. The van der Waals surface area contributed by atoms with E-state index in [-0.39, 0.29) is 30.7 Å². The summed E-state index contributed by atoms with van der Waals surface area (Å²) in [6, 6.07) is 3.65. The molecule has 1 amide bonds. The minimum atomic E-state index is -0.0873. The van der Waals surface area contributed by atoms with Crippen LogP contribution in [0.25, 0.3) is 0 Å². The van der Waals surface area contributed by atoms with Gasteiger partial charge in [0.1, 0.15) is 0 Å². The summed E-state index contributed by atoms with van der Waals surface area (Å²) in [5, 5.41) is 11.2. The fourth-order valence-corrected chi connectivity index (χ4v) is 2.13. The predicted molar refractivity (Wildman–Crippen MR) is 88.9 cm³/mol. The Balaban J connectivity index is 0.00000200. The zero-order valence-corrected chi connectivity index (χ0v) is 14.0. The maximum absolute atomic E-state index is 12.1. The van der Waals surface area contributed by atoms with E-state index in [4.69, 9.17) is 0 Å². The SMILES string of the molecule is CNCCN(C)C(=O)c1ccc(N2CCCC2)nn1.Cl.Cl. The monoisotopic (exact) mass is 335 g/mol. The molecular formula is C13H23Cl2N5O. The van der Waals surface area contributed by atoms with Crippen molar-refractivity contribution in [3.63, 3.8) is 0 Å². The van der Waals surface area contributed by atoms with Crippen LogP contribution in [0.2, 0.25) is 0 Å². The van der Waals surface area contributed by atoms with Crippen LogP contribution < -0.4 is 10.2 Å². The van der Waals surface area contributed by atoms with Crippen molar-refractivity contribution in [3.05, 3.63) is 17.8 Å². The van der Waals surface area contributed by atoms with Crippen molar-refractivity contribution in [3.8, 4) is 0 Å². The molecule has 2 heterocycles. The Morgan fingerprint density at radius 1 is 1.29 bits per heavy atom. The molecule has 1 aliphatic rings. The van der Waals surface area contributed by atoms with E-state index >= 15 is 0 Å². The lowest BCUT2D eigenvalue weighted by molar-refractivity contribution is 0.0790. The number of carbonyl (C=O) groups excluding carboxylic acids is 1. The van der Waals surface area contributed by atoms with Crippen LogP contribution in [0.15, 0.2) is 12.1 Å². The van der Waals surface area contributed by atoms with Crippen molar-refractivity contribution < 1.29 is 4.79 Å². The molecule has 8 heteroatoms. The van der Waals surface area contributed by atoms with Gasteiger partial charge in [0.05, 0.1) is 0 Å². The van der Waals surface area contributed by atoms with Crippen LogP contribution in [-0.4, -0.2) is 61.3 Å². The molecule has 2 rings (SSSR count). The Hall–Kier alpha value is -1.11. The number of anilines is 1. The quantitative estimate of drug-likeness (QED) is 0.876. The summed E-state index contributed by atoms with van der Waals surface area (Å²) >= 11 is 0. The normalized spacial score (nSPS) is 13.3. The number of halogens is 2. The number of nitrogens with zero attached hydrogens (tertiary/aromatic N) is 4. The van der Waals surface area contributed by atoms with Crippen molar-refractivity contribution in [2.45, 2.75) is 12.8 Å². The van der Waals surface area contributed by atoms with Gasteiger partial charge in [-0.25, -0.2) is 0 Å². The van der Waals surface area contributed by atoms with Gasteiger partial charge in [-0.1, -0.05) is 0 Å². The van der Waals surface area contributed by atoms with Crippen LogP contribution in [0, 0.1) is 0 Å². The van der Waals surface area contributed by atoms with Crippen molar-refractivity contribution >= 4 is 36.5 Å². The van der Waals surface area contributed by atoms with E-state index in [0.29, 0.717) is 12.2 Å². The van der Waals surface area contributed by atoms with Gasteiger partial charge >= 0.3 is 0 Å². The average molecular weight is 336 g/mol. The molecule has 1 aromatic rings. The van der Waals surface area contributed by atoms with E-state index in [9.17, 15) is 4.79 Å². The van der Waals surface area contributed by atoms with Crippen LogP contribution in [0.1, 0.15) is 23.3 Å². The van der Waals surface area contributed by atoms with Crippen molar-refractivity contribution in [2.75, 3.05) is 45.2 Å². The molecule has 0 atom stereocenters. The first kappa shape index (κ1) is 19.9. The molecule has 0 saturated carbocycles. The summed E-state index contributed by atoms with van der Waals surface area (Å²) in [6.45, 7) is 3.49. The molecule has 0 spiro atoms. The Morgan fingerprint density at radius 3 is 2.48 bits per heavy atom. The molecule has 1 N–H and O–H groups in total. The summed E-state index contributed by atoms with van der Waals surface area (Å²) in [5.74, 6) is 0.780. The van der Waals surface area contributed by atoms with Crippen molar-refractivity contribution in [2.24, 2.45) is 0 Å². The highest BCUT2D eigenvalue weighted by atomic mass is 35.5. The molecule has 0 bridgehead atoms. The van der Waals surface area contributed by atoms with Gasteiger partial charge in [-0.3, -0.25) is 4.79 Å². The predicted octanol–water partition coefficient (Wildman–Crippen LogP) is 1.21. The second kappa shape index (κ2) is 9.76. The first-order valence-electron chi connectivity index (χ1n) is 6.71. The molecule has 1 fully saturated rings. The molecule has 0 aliphatic carbocycles. The van der Waals surface area contributed by atoms with E-state index < -0.39 is 0 Å². The lowest BCUT2D eigenvalue weighted by Gasteiger charge is -2.17. The summed E-state index contributed by atoms with van der Waals surface area (Å²) in [4.78, 5) is 15.9. The van der Waals surface area contributed by atoms with Crippen molar-refractivity contribution in [1.82, 2.24) is 20.4 Å². The standard InChI is InChI=1S/C13H21N5O.2ClH/c1-14-7-10-17(2)13(19)11-5-6-12(16-15-11)18-8-3-4-9-18;;/h5-6,14H,3-4,7-10H2,1-2H3;2*1H. The molecule has 21 heavy (non-hydrogen) atoms. The molecule has 0 radical (unpaired) electrons. The minimum absolute atomic E-state index is 0. The minimum Gasteiger partial charge on any atom is -0.355 e. The van der Waals surface area contributed by atoms with Crippen LogP contribution >= 0.6 is 24.8 Å². The van der Waals surface area contributed by atoms with Gasteiger partial charge < -0.3 is 15.1 Å². The maximum Gasteiger partial charge on any atom is 0.274 e. The van der Waals surface area contributed by atoms with Crippen LogP contribution in [0.3, 0.4) is 0 Å². The molecule has 120 valence electrons. The second-order valence-corrected chi connectivity index (χ2v) is 4.80. The number of carbonyl (C=O) groups is 1. The zero-order valence-electron chi connectivity index (χ0n) is 12.4. The van der Waals surface area contributed by atoms with Gasteiger partial charge in [0.2, 0.25) is 0 Å². The third-order valence-electron chi connectivity index (χ3n) is 3.34. The molecule has 1 aliphatic heterocycles. The van der Waals surface area contributed by atoms with Gasteiger partial charge in [-0.05, 0) is 32.0 Å². The fraction of sp³-hybridized carbons (Fsp3) is 0.615. The zero-order chi connectivity index (χ0) is 13.7. The van der Waals surface area contributed by atoms with Gasteiger partial charge in [0.15, 0.2) is 11.5 Å². The molecule has 1 saturated heterocycles. The van der Waals surface area contributed by atoms with E-state index in [0.717, 1.165) is 25.5 Å². The number of hydrogen-bond acceptors (Lipinski definition) is 5. The van der Waals surface area contributed by atoms with E-state index in [1.54, 1.807) is 18.0 Å². The lowest BCUT2D eigenvalue weighted by Crippen LogP contribution is -2.33. The molecule has 0 unspecified atom stereocenters. The van der Waals surface area contributed by atoms with Crippen molar-refractivity contribution in [1.29, 1.82) is 0 Å². The van der Waals surface area contributed by atoms with Crippen LogP contribution in [0.4, 0.5) is 5.82 Å².